The van der Waals surface area contributed by atoms with Crippen molar-refractivity contribution in [3.05, 3.63) is 58.7 Å². The molecule has 0 radical (unpaired) electrons. The first-order chi connectivity index (χ1) is 15.0. The van der Waals surface area contributed by atoms with Crippen molar-refractivity contribution >= 4 is 35.2 Å². The summed E-state index contributed by atoms with van der Waals surface area (Å²) in [5.74, 6) is -0.407. The van der Waals surface area contributed by atoms with E-state index in [2.05, 4.69) is 20.7 Å². The number of aromatic nitrogens is 1. The Hall–Kier alpha value is -3.17. The third kappa shape index (κ3) is 6.16. The van der Waals surface area contributed by atoms with Gasteiger partial charge in [0.05, 0.1) is 29.3 Å². The molecule has 10 heteroatoms. The number of nitrogens with one attached hydrogen (secondary N) is 2. The first-order valence-electron chi connectivity index (χ1n) is 9.92. The highest BCUT2D eigenvalue weighted by molar-refractivity contribution is 6.33. The Labute approximate surface area is 185 Å². The lowest BCUT2D eigenvalue weighted by molar-refractivity contribution is -0.123. The number of esters is 1. The van der Waals surface area contributed by atoms with Crippen molar-refractivity contribution in [1.29, 1.82) is 0 Å². The molecule has 1 aliphatic rings. The van der Waals surface area contributed by atoms with Crippen LogP contribution in [0.1, 0.15) is 27.6 Å². The van der Waals surface area contributed by atoms with E-state index >= 15 is 0 Å². The molecule has 1 aromatic carbocycles. The zero-order valence-corrected chi connectivity index (χ0v) is 17.9. The summed E-state index contributed by atoms with van der Waals surface area (Å²) in [7, 11) is 0. The number of piperazine rings is 1. The molecule has 3 rings (SSSR count). The zero-order chi connectivity index (χ0) is 22.2. The number of benzene rings is 1. The number of ether oxygens (including phenoxy) is 1. The van der Waals surface area contributed by atoms with E-state index in [0.717, 1.165) is 5.82 Å². The van der Waals surface area contributed by atoms with Crippen LogP contribution in [0, 0.1) is 0 Å². The van der Waals surface area contributed by atoms with E-state index in [-0.39, 0.29) is 18.4 Å². The summed E-state index contributed by atoms with van der Waals surface area (Å²) in [5, 5.41) is 0.314. The first-order valence-corrected chi connectivity index (χ1v) is 10.3. The highest BCUT2D eigenvalue weighted by Gasteiger charge is 2.21. The van der Waals surface area contributed by atoms with Gasteiger partial charge in [0.2, 0.25) is 0 Å². The Morgan fingerprint density at radius 1 is 1.06 bits per heavy atom. The SMILES string of the molecule is CCOC(=O)c1ccc(N2CCN(CC(=O)NNC(=O)c3ccccc3Cl)CC2)nc1. The van der Waals surface area contributed by atoms with Crippen LogP contribution in [0.15, 0.2) is 42.6 Å². The maximum Gasteiger partial charge on any atom is 0.339 e. The normalized spacial score (nSPS) is 14.1. The van der Waals surface area contributed by atoms with E-state index < -0.39 is 5.91 Å². The molecule has 0 aliphatic carbocycles. The summed E-state index contributed by atoms with van der Waals surface area (Å²) in [6.07, 6.45) is 1.51. The lowest BCUT2D eigenvalue weighted by atomic mass is 10.2. The smallest absolute Gasteiger partial charge is 0.339 e. The van der Waals surface area contributed by atoms with Crippen molar-refractivity contribution in [2.45, 2.75) is 6.92 Å². The quantitative estimate of drug-likeness (QED) is 0.513. The first kappa shape index (κ1) is 22.5. The molecular formula is C21H24ClN5O4. The maximum absolute atomic E-state index is 12.2. The molecule has 0 spiro atoms. The second kappa shape index (κ2) is 10.7. The number of carbonyl (C=O) groups excluding carboxylic acids is 3. The average Bonchev–Trinajstić information content (AvgIpc) is 2.78. The van der Waals surface area contributed by atoms with Crippen molar-refractivity contribution in [3.8, 4) is 0 Å². The molecule has 2 amide bonds. The van der Waals surface area contributed by atoms with E-state index in [9.17, 15) is 14.4 Å². The Bertz CT molecular complexity index is 930. The number of anilines is 1. The van der Waals surface area contributed by atoms with Crippen molar-refractivity contribution < 1.29 is 19.1 Å². The highest BCUT2D eigenvalue weighted by Crippen LogP contribution is 2.15. The maximum atomic E-state index is 12.2. The fourth-order valence-electron chi connectivity index (χ4n) is 3.13. The molecule has 0 atom stereocenters. The number of hydrazine groups is 1. The number of hydrogen-bond donors (Lipinski definition) is 2. The summed E-state index contributed by atoms with van der Waals surface area (Å²) < 4.78 is 4.96. The second-order valence-corrected chi connectivity index (χ2v) is 7.28. The Morgan fingerprint density at radius 2 is 1.81 bits per heavy atom. The lowest BCUT2D eigenvalue weighted by Gasteiger charge is -2.35. The molecular weight excluding hydrogens is 422 g/mol. The van der Waals surface area contributed by atoms with E-state index in [1.807, 2.05) is 4.90 Å². The van der Waals surface area contributed by atoms with Crippen molar-refractivity contribution in [1.82, 2.24) is 20.7 Å². The van der Waals surface area contributed by atoms with Gasteiger partial charge in [-0.25, -0.2) is 9.78 Å². The molecule has 1 aliphatic heterocycles. The minimum absolute atomic E-state index is 0.159. The van der Waals surface area contributed by atoms with E-state index in [1.165, 1.54) is 6.20 Å². The number of nitrogens with zero attached hydrogens (tertiary/aromatic N) is 3. The van der Waals surface area contributed by atoms with Gasteiger partial charge in [-0.2, -0.15) is 0 Å². The molecule has 1 fully saturated rings. The number of amides is 2. The molecule has 2 N–H and O–H groups in total. The van der Waals surface area contributed by atoms with Gasteiger partial charge in [0.15, 0.2) is 0 Å². The Kier molecular flexibility index (Phi) is 7.80. The van der Waals surface area contributed by atoms with Gasteiger partial charge in [-0.05, 0) is 31.2 Å². The van der Waals surface area contributed by atoms with Crippen LogP contribution in [0.4, 0.5) is 5.82 Å². The van der Waals surface area contributed by atoms with E-state index in [4.69, 9.17) is 16.3 Å². The molecule has 2 heterocycles. The molecule has 0 unspecified atom stereocenters. The highest BCUT2D eigenvalue weighted by atomic mass is 35.5. The van der Waals surface area contributed by atoms with Gasteiger partial charge < -0.3 is 9.64 Å². The molecule has 0 saturated carbocycles. The fourth-order valence-corrected chi connectivity index (χ4v) is 3.35. The van der Waals surface area contributed by atoms with Gasteiger partial charge in [-0.1, -0.05) is 23.7 Å². The van der Waals surface area contributed by atoms with Crippen molar-refractivity contribution in [3.63, 3.8) is 0 Å². The summed E-state index contributed by atoms with van der Waals surface area (Å²) >= 11 is 5.98. The molecule has 0 bridgehead atoms. The standard InChI is InChI=1S/C21H24ClN5O4/c1-2-31-21(30)15-7-8-18(23-13-15)27-11-9-26(10-12-27)14-19(28)24-25-20(29)16-5-3-4-6-17(16)22/h3-8,13H,2,9-12,14H2,1H3,(H,24,28)(H,25,29). The fraction of sp³-hybridized carbons (Fsp3) is 0.333. The Balaban J connectivity index is 1.42. The second-order valence-electron chi connectivity index (χ2n) is 6.87. The van der Waals surface area contributed by atoms with Crippen LogP contribution < -0.4 is 15.8 Å². The third-order valence-electron chi connectivity index (χ3n) is 4.76. The van der Waals surface area contributed by atoms with Crippen molar-refractivity contribution in [2.75, 3.05) is 44.2 Å². The third-order valence-corrected chi connectivity index (χ3v) is 5.09. The van der Waals surface area contributed by atoms with Gasteiger partial charge in [0, 0.05) is 32.4 Å². The van der Waals surface area contributed by atoms with Gasteiger partial charge in [0.25, 0.3) is 11.8 Å². The predicted molar refractivity (Wildman–Crippen MR) is 116 cm³/mol. The molecule has 31 heavy (non-hydrogen) atoms. The molecule has 2 aromatic rings. The summed E-state index contributed by atoms with van der Waals surface area (Å²) in [5.41, 5.74) is 5.50. The lowest BCUT2D eigenvalue weighted by Crippen LogP contribution is -2.52. The minimum Gasteiger partial charge on any atom is -0.462 e. The number of carbonyl (C=O) groups is 3. The number of halogens is 1. The molecule has 1 aromatic heterocycles. The topological polar surface area (TPSA) is 104 Å². The van der Waals surface area contributed by atoms with Crippen LogP contribution in [0.5, 0.6) is 0 Å². The molecule has 1 saturated heterocycles. The molecule has 164 valence electrons. The van der Waals surface area contributed by atoms with Crippen LogP contribution in [-0.4, -0.2) is 67.0 Å². The Morgan fingerprint density at radius 3 is 2.45 bits per heavy atom. The summed E-state index contributed by atoms with van der Waals surface area (Å²) in [6.45, 7) is 4.92. The zero-order valence-electron chi connectivity index (χ0n) is 17.1. The average molecular weight is 446 g/mol. The predicted octanol–water partition coefficient (Wildman–Crippen LogP) is 1.49. The van der Waals surface area contributed by atoms with Crippen LogP contribution in [0.25, 0.3) is 0 Å². The van der Waals surface area contributed by atoms with Gasteiger partial charge in [-0.3, -0.25) is 25.3 Å². The van der Waals surface area contributed by atoms with Crippen molar-refractivity contribution in [2.24, 2.45) is 0 Å². The van der Waals surface area contributed by atoms with Gasteiger partial charge in [-0.15, -0.1) is 0 Å². The van der Waals surface area contributed by atoms with Gasteiger partial charge >= 0.3 is 5.97 Å². The van der Waals surface area contributed by atoms with Gasteiger partial charge in [0.1, 0.15) is 5.82 Å². The van der Waals surface area contributed by atoms with Crippen LogP contribution >= 0.6 is 11.6 Å². The number of pyridine rings is 1. The monoisotopic (exact) mass is 445 g/mol. The minimum atomic E-state index is -0.471. The summed E-state index contributed by atoms with van der Waals surface area (Å²) in [4.78, 5) is 44.4. The number of hydrogen-bond acceptors (Lipinski definition) is 7. The van der Waals surface area contributed by atoms with Crippen LogP contribution in [-0.2, 0) is 9.53 Å². The van der Waals surface area contributed by atoms with E-state index in [1.54, 1.807) is 43.3 Å². The largest absolute Gasteiger partial charge is 0.462 e. The van der Waals surface area contributed by atoms with E-state index in [0.29, 0.717) is 48.9 Å². The number of rotatable bonds is 6. The summed E-state index contributed by atoms with van der Waals surface area (Å²) in [6, 6.07) is 10.1. The van der Waals surface area contributed by atoms with Crippen LogP contribution in [0.2, 0.25) is 5.02 Å². The van der Waals surface area contributed by atoms with Crippen LogP contribution in [0.3, 0.4) is 0 Å². The molecule has 9 nitrogen and oxygen atoms in total.